The highest BCUT2D eigenvalue weighted by atomic mass is 32.2. The average molecular weight is 368 g/mol. The molecule has 4 rings (SSSR count). The van der Waals surface area contributed by atoms with Crippen LogP contribution in [0.2, 0.25) is 0 Å². The van der Waals surface area contributed by atoms with Gasteiger partial charge in [-0.2, -0.15) is 0 Å². The Kier molecular flexibility index (Phi) is 4.79. The maximum atomic E-state index is 13.1. The first-order valence-electron chi connectivity index (χ1n) is 8.81. The van der Waals surface area contributed by atoms with Gasteiger partial charge in [0, 0.05) is 11.3 Å². The Hall–Kier alpha value is -2.54. The summed E-state index contributed by atoms with van der Waals surface area (Å²) in [5.41, 5.74) is 1.93. The van der Waals surface area contributed by atoms with E-state index < -0.39 is 0 Å². The third-order valence-electron chi connectivity index (χ3n) is 4.38. The molecule has 1 aromatic carbocycles. The molecule has 26 heavy (non-hydrogen) atoms. The molecule has 134 valence electrons. The van der Waals surface area contributed by atoms with Gasteiger partial charge in [0.05, 0.1) is 12.8 Å². The fourth-order valence-electron chi connectivity index (χ4n) is 2.99. The van der Waals surface area contributed by atoms with Crippen molar-refractivity contribution in [1.82, 2.24) is 14.9 Å². The smallest absolute Gasteiger partial charge is 0.272 e. The van der Waals surface area contributed by atoms with E-state index in [1.165, 1.54) is 5.56 Å². The molecular weight excluding hydrogens is 348 g/mol. The number of carbonyl (C=O) groups is 1. The quantitative estimate of drug-likeness (QED) is 0.686. The van der Waals surface area contributed by atoms with E-state index >= 15 is 0 Å². The summed E-state index contributed by atoms with van der Waals surface area (Å²) in [6, 6.07) is 11.5. The van der Waals surface area contributed by atoms with Crippen LogP contribution in [0, 0.1) is 0 Å². The summed E-state index contributed by atoms with van der Waals surface area (Å²) in [4.78, 5) is 13.1. The SMILES string of the molecule is CCCCc1ccc(C(=O)N2CCSc3nnc(-c4ccco4)n32)cc1. The molecule has 3 heterocycles. The minimum atomic E-state index is -0.0544. The first-order chi connectivity index (χ1) is 12.8. The molecule has 7 heteroatoms. The normalized spacial score (nSPS) is 13.7. The lowest BCUT2D eigenvalue weighted by atomic mass is 10.1. The molecule has 0 radical (unpaired) electrons. The Morgan fingerprint density at radius 1 is 1.23 bits per heavy atom. The molecule has 3 aromatic rings. The fraction of sp³-hybridized carbons (Fsp3) is 0.316. The van der Waals surface area contributed by atoms with Crippen LogP contribution in [0.1, 0.15) is 35.7 Å². The van der Waals surface area contributed by atoms with Gasteiger partial charge in [0.1, 0.15) is 0 Å². The maximum Gasteiger partial charge on any atom is 0.272 e. The van der Waals surface area contributed by atoms with E-state index in [0.717, 1.165) is 25.0 Å². The minimum Gasteiger partial charge on any atom is -0.461 e. The number of hydrogen-bond donors (Lipinski definition) is 0. The number of benzene rings is 1. The number of furan rings is 1. The summed E-state index contributed by atoms with van der Waals surface area (Å²) in [7, 11) is 0. The summed E-state index contributed by atoms with van der Waals surface area (Å²) >= 11 is 1.59. The van der Waals surface area contributed by atoms with Crippen LogP contribution in [0.5, 0.6) is 0 Å². The van der Waals surface area contributed by atoms with Gasteiger partial charge in [-0.3, -0.25) is 4.79 Å². The predicted octanol–water partition coefficient (Wildman–Crippen LogP) is 3.76. The molecule has 1 aliphatic rings. The van der Waals surface area contributed by atoms with Crippen molar-refractivity contribution in [3.8, 4) is 11.6 Å². The van der Waals surface area contributed by atoms with Crippen LogP contribution in [-0.2, 0) is 6.42 Å². The average Bonchev–Trinajstić information content (AvgIpc) is 3.35. The second kappa shape index (κ2) is 7.37. The monoisotopic (exact) mass is 368 g/mol. The third-order valence-corrected chi connectivity index (χ3v) is 5.28. The number of aromatic nitrogens is 3. The second-order valence-electron chi connectivity index (χ2n) is 6.17. The number of carbonyl (C=O) groups excluding carboxylic acids is 1. The van der Waals surface area contributed by atoms with Gasteiger partial charge in [-0.1, -0.05) is 37.2 Å². The number of thioether (sulfide) groups is 1. The van der Waals surface area contributed by atoms with E-state index in [1.54, 1.807) is 33.8 Å². The third kappa shape index (κ3) is 3.14. The van der Waals surface area contributed by atoms with Crippen LogP contribution in [0.25, 0.3) is 11.6 Å². The summed E-state index contributed by atoms with van der Waals surface area (Å²) in [6.07, 6.45) is 4.96. The molecule has 0 aliphatic carbocycles. The molecule has 0 spiro atoms. The van der Waals surface area contributed by atoms with Crippen molar-refractivity contribution in [1.29, 1.82) is 0 Å². The Balaban J connectivity index is 1.63. The molecule has 0 saturated heterocycles. The Bertz CT molecular complexity index is 887. The van der Waals surface area contributed by atoms with Crippen molar-refractivity contribution in [2.45, 2.75) is 31.3 Å². The molecule has 2 aromatic heterocycles. The highest BCUT2D eigenvalue weighted by Gasteiger charge is 2.29. The summed E-state index contributed by atoms with van der Waals surface area (Å²) < 4.78 is 7.22. The second-order valence-corrected chi connectivity index (χ2v) is 7.23. The Labute approximate surface area is 156 Å². The van der Waals surface area contributed by atoms with Crippen LogP contribution >= 0.6 is 11.8 Å². The molecule has 0 atom stereocenters. The van der Waals surface area contributed by atoms with Gasteiger partial charge < -0.3 is 4.42 Å². The highest BCUT2D eigenvalue weighted by molar-refractivity contribution is 7.99. The molecule has 1 aliphatic heterocycles. The van der Waals surface area contributed by atoms with E-state index in [0.29, 0.717) is 28.8 Å². The van der Waals surface area contributed by atoms with Gasteiger partial charge in [0.15, 0.2) is 5.76 Å². The van der Waals surface area contributed by atoms with Crippen molar-refractivity contribution in [2.24, 2.45) is 0 Å². The molecule has 0 bridgehead atoms. The first kappa shape index (κ1) is 16.9. The molecule has 0 unspecified atom stereocenters. The van der Waals surface area contributed by atoms with E-state index in [4.69, 9.17) is 4.42 Å². The molecule has 0 fully saturated rings. The Morgan fingerprint density at radius 3 is 2.81 bits per heavy atom. The lowest BCUT2D eigenvalue weighted by Crippen LogP contribution is -2.45. The van der Waals surface area contributed by atoms with E-state index in [-0.39, 0.29) is 5.91 Å². The number of hydrogen-bond acceptors (Lipinski definition) is 5. The number of unbranched alkanes of at least 4 members (excludes halogenated alkanes) is 1. The first-order valence-corrected chi connectivity index (χ1v) is 9.79. The summed E-state index contributed by atoms with van der Waals surface area (Å²) in [5, 5.41) is 10.8. The molecule has 0 saturated carbocycles. The van der Waals surface area contributed by atoms with Crippen LogP contribution in [0.3, 0.4) is 0 Å². The van der Waals surface area contributed by atoms with Gasteiger partial charge in [-0.25, -0.2) is 9.69 Å². The largest absolute Gasteiger partial charge is 0.461 e. The van der Waals surface area contributed by atoms with Gasteiger partial charge in [-0.05, 0) is 42.7 Å². The summed E-state index contributed by atoms with van der Waals surface area (Å²) in [6.45, 7) is 2.78. The van der Waals surface area contributed by atoms with Gasteiger partial charge >= 0.3 is 0 Å². The molecule has 6 nitrogen and oxygen atoms in total. The van der Waals surface area contributed by atoms with Crippen molar-refractivity contribution in [3.63, 3.8) is 0 Å². The zero-order valence-electron chi connectivity index (χ0n) is 14.6. The van der Waals surface area contributed by atoms with Gasteiger partial charge in [0.2, 0.25) is 11.0 Å². The fourth-order valence-corrected chi connectivity index (χ4v) is 3.84. The number of aryl methyl sites for hydroxylation is 1. The number of amides is 1. The van der Waals surface area contributed by atoms with Gasteiger partial charge in [0.25, 0.3) is 5.91 Å². The lowest BCUT2D eigenvalue weighted by molar-refractivity contribution is 0.0956. The van der Waals surface area contributed by atoms with Crippen molar-refractivity contribution >= 4 is 17.7 Å². The topological polar surface area (TPSA) is 64.2 Å². The predicted molar refractivity (Wildman–Crippen MR) is 101 cm³/mol. The van der Waals surface area contributed by atoms with E-state index in [2.05, 4.69) is 17.1 Å². The zero-order valence-corrected chi connectivity index (χ0v) is 15.4. The highest BCUT2D eigenvalue weighted by Crippen LogP contribution is 2.28. The van der Waals surface area contributed by atoms with Gasteiger partial charge in [-0.15, -0.1) is 10.2 Å². The molecule has 0 N–H and O–H groups in total. The van der Waals surface area contributed by atoms with Crippen molar-refractivity contribution in [3.05, 3.63) is 53.8 Å². The maximum absolute atomic E-state index is 13.1. The summed E-state index contributed by atoms with van der Waals surface area (Å²) in [5.74, 6) is 1.88. The number of rotatable bonds is 5. The molecular formula is C19H20N4O2S. The van der Waals surface area contributed by atoms with Crippen LogP contribution in [-0.4, -0.2) is 33.1 Å². The number of nitrogens with zero attached hydrogens (tertiary/aromatic N) is 4. The lowest BCUT2D eigenvalue weighted by Gasteiger charge is -2.28. The van der Waals surface area contributed by atoms with E-state index in [9.17, 15) is 4.79 Å². The van der Waals surface area contributed by atoms with E-state index in [1.807, 2.05) is 30.3 Å². The van der Waals surface area contributed by atoms with Crippen molar-refractivity contribution < 1.29 is 9.21 Å². The van der Waals surface area contributed by atoms with Crippen LogP contribution in [0.15, 0.2) is 52.2 Å². The van der Waals surface area contributed by atoms with Crippen molar-refractivity contribution in [2.75, 3.05) is 17.3 Å². The minimum absolute atomic E-state index is 0.0544. The van der Waals surface area contributed by atoms with Crippen LogP contribution in [0.4, 0.5) is 0 Å². The molecule has 1 amide bonds. The number of fused-ring (bicyclic) bond motifs is 1. The van der Waals surface area contributed by atoms with Crippen LogP contribution < -0.4 is 5.01 Å². The standard InChI is InChI=1S/C19H20N4O2S/c1-2-3-5-14-7-9-15(10-8-14)18(24)22-11-13-26-19-21-20-17(23(19)22)16-6-4-12-25-16/h4,6-10,12H,2-3,5,11,13H2,1H3. The zero-order chi connectivity index (χ0) is 17.9. The Morgan fingerprint density at radius 2 is 2.08 bits per heavy atom.